The van der Waals surface area contributed by atoms with Crippen LogP contribution in [0.2, 0.25) is 0 Å². The summed E-state index contributed by atoms with van der Waals surface area (Å²) in [5.41, 5.74) is 14.2. The van der Waals surface area contributed by atoms with Crippen molar-refractivity contribution in [2.75, 3.05) is 25.4 Å². The van der Waals surface area contributed by atoms with E-state index in [9.17, 15) is 14.4 Å². The highest BCUT2D eigenvalue weighted by molar-refractivity contribution is 6.14. The van der Waals surface area contributed by atoms with E-state index in [1.807, 2.05) is 77.2 Å². The number of hydrogen-bond donors (Lipinski definition) is 4. The number of nitrogens with zero attached hydrogens (tertiary/aromatic N) is 5. The number of likely N-dealkylation sites (tertiary alicyclic amines) is 1. The first-order valence-corrected chi connectivity index (χ1v) is 19.9. The first kappa shape index (κ1) is 40.1. The Balaban J connectivity index is 0.924. The number of rotatable bonds is 11. The number of nitrogens with one attached hydrogen (secondary N) is 3. The van der Waals surface area contributed by atoms with Crippen molar-refractivity contribution in [2.45, 2.75) is 90.0 Å². The molecule has 0 saturated carbocycles. The summed E-state index contributed by atoms with van der Waals surface area (Å²) in [5.74, 6) is -0.0316. The van der Waals surface area contributed by atoms with Crippen LogP contribution in [0.15, 0.2) is 77.6 Å². The van der Waals surface area contributed by atoms with Gasteiger partial charge in [-0.1, -0.05) is 68.4 Å². The Morgan fingerprint density at radius 2 is 1.74 bits per heavy atom. The number of imide groups is 1. The molecule has 3 amide bonds. The minimum absolute atomic E-state index is 0.0106. The lowest BCUT2D eigenvalue weighted by molar-refractivity contribution is -0.134. The van der Waals surface area contributed by atoms with Crippen LogP contribution in [0.1, 0.15) is 127 Å². The topological polar surface area (TPSA) is 193 Å². The molecule has 58 heavy (non-hydrogen) atoms. The zero-order chi connectivity index (χ0) is 41.1. The standard InChI is InChI=1S/C45H51N9O4/c1-26-22-31(10-12-34(26)27(2)50-43(57)41-52-44(58-53-41)45(3,4)5)39(46)36-23-33(25-49-40(36)47)32-11-14-37(48-24-32)30-17-20-54(21-18-30)19-16-28-6-8-29(9-7-28)35-13-15-38(55)51-42(35)56/h6-12,14,22-25,27,30,35,46H,13,15-21H2,1-5H3,(H2,47,49)(H,50,57)(H,51,55,56)/t27-,35-/m1/s1. The SMILES string of the molecule is Cc1cc(C(=N)c2cc(-c3ccc(C4CCN(CCc5ccc([C@H]6CCC(=O)NC6=O)cc5)CC4)nc3)cnc2N)ccc1[C@@H](C)NC(=O)c1noc(C(C)(C)C)n1. The number of piperidine rings is 2. The molecule has 0 spiro atoms. The van der Waals surface area contributed by atoms with Gasteiger partial charge in [-0.25, -0.2) is 4.98 Å². The summed E-state index contributed by atoms with van der Waals surface area (Å²) in [6.07, 6.45) is 7.56. The van der Waals surface area contributed by atoms with Crippen LogP contribution in [0.25, 0.3) is 11.1 Å². The Kier molecular flexibility index (Phi) is 11.6. The van der Waals surface area contributed by atoms with E-state index in [2.05, 4.69) is 54.9 Å². The van der Waals surface area contributed by atoms with E-state index >= 15 is 0 Å². The van der Waals surface area contributed by atoms with Crippen molar-refractivity contribution >= 4 is 29.3 Å². The summed E-state index contributed by atoms with van der Waals surface area (Å²) >= 11 is 0. The first-order chi connectivity index (χ1) is 27.7. The molecule has 0 radical (unpaired) electrons. The van der Waals surface area contributed by atoms with E-state index in [4.69, 9.17) is 20.7 Å². The molecule has 2 fully saturated rings. The Morgan fingerprint density at radius 1 is 1.00 bits per heavy atom. The number of carbonyl (C=O) groups excluding carboxylic acids is 3. The number of nitrogen functional groups attached to an aromatic ring is 1. The van der Waals surface area contributed by atoms with Gasteiger partial charge in [0.1, 0.15) is 5.82 Å². The van der Waals surface area contributed by atoms with Crippen molar-refractivity contribution < 1.29 is 18.9 Å². The molecule has 7 rings (SSSR count). The predicted molar refractivity (Wildman–Crippen MR) is 222 cm³/mol. The average molecular weight is 782 g/mol. The third-order valence-electron chi connectivity index (χ3n) is 11.3. The first-order valence-electron chi connectivity index (χ1n) is 19.9. The van der Waals surface area contributed by atoms with Gasteiger partial charge in [-0.3, -0.25) is 30.1 Å². The van der Waals surface area contributed by atoms with Gasteiger partial charge in [0.25, 0.3) is 11.7 Å². The number of benzene rings is 2. The Bertz CT molecular complexity index is 2320. The van der Waals surface area contributed by atoms with Gasteiger partial charge in [0, 0.05) is 64.6 Å². The molecule has 2 aliphatic rings. The van der Waals surface area contributed by atoms with Gasteiger partial charge in [0.15, 0.2) is 0 Å². The van der Waals surface area contributed by atoms with Crippen molar-refractivity contribution in [3.63, 3.8) is 0 Å². The van der Waals surface area contributed by atoms with Gasteiger partial charge in [-0.05, 0) is 93.1 Å². The fourth-order valence-electron chi connectivity index (χ4n) is 7.75. The van der Waals surface area contributed by atoms with E-state index in [-0.39, 0.29) is 46.5 Å². The van der Waals surface area contributed by atoms with Crippen LogP contribution in [0.5, 0.6) is 0 Å². The molecule has 0 unspecified atom stereocenters. The number of anilines is 1. The van der Waals surface area contributed by atoms with Crippen LogP contribution >= 0.6 is 0 Å². The Labute approximate surface area is 338 Å². The summed E-state index contributed by atoms with van der Waals surface area (Å²) < 4.78 is 5.28. The van der Waals surface area contributed by atoms with Crippen LogP contribution in [0.4, 0.5) is 5.82 Å². The number of aromatic nitrogens is 4. The van der Waals surface area contributed by atoms with Crippen LogP contribution in [0.3, 0.4) is 0 Å². The number of nitrogens with two attached hydrogens (primary N) is 1. The summed E-state index contributed by atoms with van der Waals surface area (Å²) in [4.78, 5) is 52.7. The maximum absolute atomic E-state index is 12.9. The van der Waals surface area contributed by atoms with Crippen molar-refractivity contribution in [1.82, 2.24) is 35.6 Å². The second-order valence-corrected chi connectivity index (χ2v) is 16.6. The molecule has 2 saturated heterocycles. The molecule has 13 heteroatoms. The van der Waals surface area contributed by atoms with Gasteiger partial charge in [0.2, 0.25) is 17.7 Å². The molecule has 2 atom stereocenters. The molecule has 0 bridgehead atoms. The average Bonchev–Trinajstić information content (AvgIpc) is 3.73. The second kappa shape index (κ2) is 16.8. The van der Waals surface area contributed by atoms with Crippen LogP contribution < -0.4 is 16.4 Å². The minimum Gasteiger partial charge on any atom is -0.383 e. The number of hydrogen-bond acceptors (Lipinski definition) is 11. The highest BCUT2D eigenvalue weighted by Crippen LogP contribution is 2.31. The normalized spacial score (nSPS) is 17.2. The monoisotopic (exact) mass is 781 g/mol. The molecule has 300 valence electrons. The van der Waals surface area contributed by atoms with Gasteiger partial charge in [-0.15, -0.1) is 0 Å². The molecule has 2 aliphatic heterocycles. The summed E-state index contributed by atoms with van der Waals surface area (Å²) in [6, 6.07) is 19.7. The van der Waals surface area contributed by atoms with Gasteiger partial charge < -0.3 is 20.5 Å². The van der Waals surface area contributed by atoms with E-state index in [1.165, 1.54) is 5.56 Å². The molecule has 2 aromatic carbocycles. The molecular weight excluding hydrogens is 731 g/mol. The second-order valence-electron chi connectivity index (χ2n) is 16.6. The largest absolute Gasteiger partial charge is 0.383 e. The smallest absolute Gasteiger partial charge is 0.293 e. The van der Waals surface area contributed by atoms with Crippen molar-refractivity contribution in [3.05, 3.63) is 124 Å². The van der Waals surface area contributed by atoms with E-state index < -0.39 is 5.91 Å². The van der Waals surface area contributed by atoms with Gasteiger partial charge >= 0.3 is 0 Å². The Morgan fingerprint density at radius 3 is 2.40 bits per heavy atom. The highest BCUT2D eigenvalue weighted by Gasteiger charge is 2.28. The number of pyridine rings is 2. The number of carbonyl (C=O) groups is 3. The quantitative estimate of drug-likeness (QED) is 0.0842. The number of amides is 3. The van der Waals surface area contributed by atoms with E-state index in [1.54, 1.807) is 6.20 Å². The van der Waals surface area contributed by atoms with Gasteiger partial charge in [0.05, 0.1) is 17.7 Å². The molecular formula is C45H51N9O4. The molecule has 13 nitrogen and oxygen atoms in total. The Hall–Kier alpha value is -6.08. The minimum atomic E-state index is -0.423. The van der Waals surface area contributed by atoms with Crippen molar-refractivity contribution in [1.29, 1.82) is 5.41 Å². The predicted octanol–water partition coefficient (Wildman–Crippen LogP) is 6.56. The fourth-order valence-corrected chi connectivity index (χ4v) is 7.75. The van der Waals surface area contributed by atoms with Crippen LogP contribution in [-0.2, 0) is 21.4 Å². The molecule has 3 aromatic heterocycles. The molecule has 5 N–H and O–H groups in total. The maximum atomic E-state index is 12.9. The van der Waals surface area contributed by atoms with Crippen LogP contribution in [-0.4, -0.2) is 68.1 Å². The summed E-state index contributed by atoms with van der Waals surface area (Å²) in [7, 11) is 0. The number of aryl methyl sites for hydroxylation is 1. The third kappa shape index (κ3) is 9.05. The van der Waals surface area contributed by atoms with E-state index in [0.717, 1.165) is 72.4 Å². The van der Waals surface area contributed by atoms with Gasteiger partial charge in [-0.2, -0.15) is 4.98 Å². The summed E-state index contributed by atoms with van der Waals surface area (Å²) in [5, 5.41) is 18.3. The fraction of sp³-hybridized carbons (Fsp3) is 0.378. The zero-order valence-electron chi connectivity index (χ0n) is 33.8. The molecule has 0 aliphatic carbocycles. The third-order valence-corrected chi connectivity index (χ3v) is 11.3. The lowest BCUT2D eigenvalue weighted by Crippen LogP contribution is -2.39. The highest BCUT2D eigenvalue weighted by atomic mass is 16.5. The van der Waals surface area contributed by atoms with Crippen molar-refractivity contribution in [3.8, 4) is 11.1 Å². The lowest BCUT2D eigenvalue weighted by Gasteiger charge is -2.31. The molecule has 5 heterocycles. The van der Waals surface area contributed by atoms with E-state index in [0.29, 0.717) is 35.8 Å². The lowest BCUT2D eigenvalue weighted by atomic mass is 9.90. The molecule has 5 aromatic rings. The van der Waals surface area contributed by atoms with Crippen LogP contribution in [0, 0.1) is 12.3 Å². The maximum Gasteiger partial charge on any atom is 0.293 e. The zero-order valence-corrected chi connectivity index (χ0v) is 33.8. The van der Waals surface area contributed by atoms with Crippen molar-refractivity contribution in [2.24, 2.45) is 0 Å². The summed E-state index contributed by atoms with van der Waals surface area (Å²) in [6.45, 7) is 12.6.